The summed E-state index contributed by atoms with van der Waals surface area (Å²) in [7, 11) is -3.63. The van der Waals surface area contributed by atoms with Crippen molar-refractivity contribution in [1.82, 2.24) is 5.32 Å². The first-order valence-electron chi connectivity index (χ1n) is 9.28. The highest BCUT2D eigenvalue weighted by atomic mass is 32.2. The summed E-state index contributed by atoms with van der Waals surface area (Å²) in [6.07, 6.45) is 2.54. The number of hydrogen-bond donors (Lipinski definition) is 2. The van der Waals surface area contributed by atoms with Crippen LogP contribution in [0.15, 0.2) is 53.4 Å². The second-order valence-corrected chi connectivity index (χ2v) is 9.04. The number of nitrogens with one attached hydrogen (secondary N) is 2. The van der Waals surface area contributed by atoms with Crippen LogP contribution in [-0.2, 0) is 20.2 Å². The first kappa shape index (κ1) is 19.4. The first-order valence-corrected chi connectivity index (χ1v) is 10.8. The van der Waals surface area contributed by atoms with Crippen molar-refractivity contribution in [3.63, 3.8) is 0 Å². The van der Waals surface area contributed by atoms with Crippen LogP contribution in [-0.4, -0.2) is 20.4 Å². The fraction of sp³-hybridized carbons (Fsp3) is 0.381. The fourth-order valence-electron chi connectivity index (χ4n) is 3.02. The number of rotatable bonds is 7. The Morgan fingerprint density at radius 2 is 1.67 bits per heavy atom. The molecule has 144 valence electrons. The molecule has 1 atom stereocenters. The summed E-state index contributed by atoms with van der Waals surface area (Å²) in [5.74, 6) is 0.0600. The van der Waals surface area contributed by atoms with Crippen molar-refractivity contribution in [2.24, 2.45) is 0 Å². The Hall–Kier alpha value is -2.34. The van der Waals surface area contributed by atoms with Gasteiger partial charge < -0.3 is 5.32 Å². The number of hydrogen-bond acceptors (Lipinski definition) is 3. The normalized spacial score (nSPS) is 16.4. The molecule has 1 aliphatic carbocycles. The van der Waals surface area contributed by atoms with Crippen molar-refractivity contribution in [1.29, 1.82) is 0 Å². The summed E-state index contributed by atoms with van der Waals surface area (Å²) in [6, 6.07) is 14.0. The Kier molecular flexibility index (Phi) is 5.29. The van der Waals surface area contributed by atoms with Gasteiger partial charge in [-0.25, -0.2) is 8.42 Å². The van der Waals surface area contributed by atoms with Crippen LogP contribution in [0.3, 0.4) is 0 Å². The van der Waals surface area contributed by atoms with Gasteiger partial charge in [0.25, 0.3) is 10.0 Å². The van der Waals surface area contributed by atoms with E-state index in [0.717, 1.165) is 30.4 Å². The lowest BCUT2D eigenvalue weighted by molar-refractivity contribution is -0.124. The van der Waals surface area contributed by atoms with Crippen molar-refractivity contribution in [2.45, 2.75) is 56.4 Å². The van der Waals surface area contributed by atoms with Crippen LogP contribution in [0.1, 0.15) is 44.2 Å². The van der Waals surface area contributed by atoms with E-state index in [-0.39, 0.29) is 16.8 Å². The van der Waals surface area contributed by atoms with Crippen LogP contribution in [0.2, 0.25) is 0 Å². The van der Waals surface area contributed by atoms with E-state index in [4.69, 9.17) is 0 Å². The molecule has 0 saturated heterocycles. The third-order valence-corrected chi connectivity index (χ3v) is 6.59. The zero-order valence-corrected chi connectivity index (χ0v) is 16.8. The number of aryl methyl sites for hydroxylation is 1. The summed E-state index contributed by atoms with van der Waals surface area (Å²) >= 11 is 0. The van der Waals surface area contributed by atoms with E-state index in [2.05, 4.69) is 10.0 Å². The van der Waals surface area contributed by atoms with Gasteiger partial charge in [-0.2, -0.15) is 0 Å². The van der Waals surface area contributed by atoms with Crippen molar-refractivity contribution in [3.05, 3.63) is 59.7 Å². The minimum absolute atomic E-state index is 0.0600. The summed E-state index contributed by atoms with van der Waals surface area (Å²) in [5.41, 5.74) is 1.96. The predicted octanol–water partition coefficient (Wildman–Crippen LogP) is 3.74. The molecule has 6 heteroatoms. The summed E-state index contributed by atoms with van der Waals surface area (Å²) in [4.78, 5) is 12.8. The molecule has 1 saturated carbocycles. The van der Waals surface area contributed by atoms with Gasteiger partial charge in [-0.3, -0.25) is 9.52 Å². The molecule has 0 heterocycles. The smallest absolute Gasteiger partial charge is 0.261 e. The van der Waals surface area contributed by atoms with Crippen LogP contribution in [0.4, 0.5) is 5.69 Å². The Labute approximate surface area is 161 Å². The second-order valence-electron chi connectivity index (χ2n) is 7.36. The summed E-state index contributed by atoms with van der Waals surface area (Å²) in [6.45, 7) is 5.95. The Balaban J connectivity index is 1.74. The lowest BCUT2D eigenvalue weighted by atomic mass is 9.94. The molecule has 0 aromatic heterocycles. The van der Waals surface area contributed by atoms with Gasteiger partial charge in [0.05, 0.1) is 10.3 Å². The molecule has 0 unspecified atom stereocenters. The molecule has 0 aliphatic heterocycles. The van der Waals surface area contributed by atoms with E-state index < -0.39 is 15.4 Å². The Bertz CT molecular complexity index is 915. The minimum atomic E-state index is -3.63. The zero-order chi connectivity index (χ0) is 19.7. The maximum absolute atomic E-state index is 12.6. The highest BCUT2D eigenvalue weighted by Gasteiger charge is 2.51. The molecular weight excluding hydrogens is 360 g/mol. The lowest BCUT2D eigenvalue weighted by Gasteiger charge is -2.19. The number of anilines is 1. The van der Waals surface area contributed by atoms with Crippen LogP contribution in [0.5, 0.6) is 0 Å². The molecular formula is C21H26N2O3S. The molecule has 3 rings (SSSR count). The molecule has 0 radical (unpaired) electrons. The molecule has 1 fully saturated rings. The summed E-state index contributed by atoms with van der Waals surface area (Å²) in [5, 5.41) is 3.06. The highest BCUT2D eigenvalue weighted by molar-refractivity contribution is 7.92. The van der Waals surface area contributed by atoms with Crippen LogP contribution in [0, 0.1) is 6.92 Å². The lowest BCUT2D eigenvalue weighted by Crippen LogP contribution is -2.39. The van der Waals surface area contributed by atoms with Crippen LogP contribution in [0.25, 0.3) is 0 Å². The number of carbonyl (C=O) groups is 1. The van der Waals surface area contributed by atoms with Crippen molar-refractivity contribution < 1.29 is 13.2 Å². The van der Waals surface area contributed by atoms with Crippen molar-refractivity contribution in [3.8, 4) is 0 Å². The standard InChI is InChI=1S/C21H26N2O3S/c1-4-16(3)22-20(24)21(13-14-21)17-7-9-18(10-8-17)23-27(25,26)19-11-5-15(2)6-12-19/h5-12,16,23H,4,13-14H2,1-3H3,(H,22,24)/t16-/m1/s1. The quantitative estimate of drug-likeness (QED) is 0.761. The summed E-state index contributed by atoms with van der Waals surface area (Å²) < 4.78 is 27.6. The van der Waals surface area contributed by atoms with Gasteiger partial charge in [-0.1, -0.05) is 36.8 Å². The van der Waals surface area contributed by atoms with Crippen LogP contribution >= 0.6 is 0 Å². The van der Waals surface area contributed by atoms with Gasteiger partial charge in [0.15, 0.2) is 0 Å². The van der Waals surface area contributed by atoms with E-state index in [9.17, 15) is 13.2 Å². The molecule has 2 aromatic carbocycles. The maximum atomic E-state index is 12.6. The van der Waals surface area contributed by atoms with Crippen LogP contribution < -0.4 is 10.0 Å². The molecule has 27 heavy (non-hydrogen) atoms. The van der Waals surface area contributed by atoms with E-state index in [1.54, 1.807) is 36.4 Å². The molecule has 1 amide bonds. The molecule has 0 spiro atoms. The van der Waals surface area contributed by atoms with E-state index in [0.29, 0.717) is 5.69 Å². The average Bonchev–Trinajstić information content (AvgIpc) is 3.44. The highest BCUT2D eigenvalue weighted by Crippen LogP contribution is 2.48. The third kappa shape index (κ3) is 4.16. The molecule has 2 N–H and O–H groups in total. The fourth-order valence-corrected chi connectivity index (χ4v) is 4.08. The van der Waals surface area contributed by atoms with E-state index in [1.165, 1.54) is 0 Å². The van der Waals surface area contributed by atoms with Gasteiger partial charge in [0.1, 0.15) is 0 Å². The van der Waals surface area contributed by atoms with Crippen molar-refractivity contribution >= 4 is 21.6 Å². The predicted molar refractivity (Wildman–Crippen MR) is 107 cm³/mol. The van der Waals surface area contributed by atoms with E-state index in [1.807, 2.05) is 32.9 Å². The van der Waals surface area contributed by atoms with E-state index >= 15 is 0 Å². The first-order chi connectivity index (χ1) is 12.8. The number of carbonyl (C=O) groups excluding carboxylic acids is 1. The minimum Gasteiger partial charge on any atom is -0.353 e. The van der Waals surface area contributed by atoms with Gasteiger partial charge in [0.2, 0.25) is 5.91 Å². The van der Waals surface area contributed by atoms with Gasteiger partial charge >= 0.3 is 0 Å². The maximum Gasteiger partial charge on any atom is 0.261 e. The molecule has 0 bridgehead atoms. The zero-order valence-electron chi connectivity index (χ0n) is 16.0. The van der Waals surface area contributed by atoms with Gasteiger partial charge in [-0.05, 0) is 62.9 Å². The van der Waals surface area contributed by atoms with Gasteiger partial charge in [-0.15, -0.1) is 0 Å². The van der Waals surface area contributed by atoms with Crippen molar-refractivity contribution in [2.75, 3.05) is 4.72 Å². The molecule has 1 aliphatic rings. The Morgan fingerprint density at radius 3 is 2.19 bits per heavy atom. The second kappa shape index (κ2) is 7.35. The topological polar surface area (TPSA) is 75.3 Å². The monoisotopic (exact) mass is 386 g/mol. The Morgan fingerprint density at radius 1 is 1.07 bits per heavy atom. The van der Waals surface area contributed by atoms with Gasteiger partial charge in [0, 0.05) is 11.7 Å². The number of sulfonamides is 1. The third-order valence-electron chi connectivity index (χ3n) is 5.20. The largest absolute Gasteiger partial charge is 0.353 e. The number of amides is 1. The molecule has 5 nitrogen and oxygen atoms in total. The number of benzene rings is 2. The molecule has 2 aromatic rings. The average molecular weight is 387 g/mol. The SMILES string of the molecule is CC[C@@H](C)NC(=O)C1(c2ccc(NS(=O)(=O)c3ccc(C)cc3)cc2)CC1.